The lowest BCUT2D eigenvalue weighted by molar-refractivity contribution is -0.384. The molecule has 29 heavy (non-hydrogen) atoms. The first-order valence-electron chi connectivity index (χ1n) is 9.05. The number of rotatable bonds is 6. The number of carbonyl (C=O) groups excluding carboxylic acids is 3. The number of methoxy groups -OCH3 is 1. The molecule has 0 spiro atoms. The minimum absolute atomic E-state index is 0.161. The third kappa shape index (κ3) is 4.31. The number of fused-ring (bicyclic) bond motifs is 1. The van der Waals surface area contributed by atoms with E-state index in [9.17, 15) is 24.5 Å². The van der Waals surface area contributed by atoms with Crippen LogP contribution in [0.4, 0.5) is 5.69 Å². The molecule has 0 radical (unpaired) electrons. The van der Waals surface area contributed by atoms with E-state index in [0.29, 0.717) is 5.56 Å². The van der Waals surface area contributed by atoms with E-state index in [-0.39, 0.29) is 16.9 Å². The summed E-state index contributed by atoms with van der Waals surface area (Å²) in [6.07, 6.45) is 1.85. The second-order valence-corrected chi connectivity index (χ2v) is 6.77. The summed E-state index contributed by atoms with van der Waals surface area (Å²) in [5.41, 5.74) is 1.95. The zero-order valence-electron chi connectivity index (χ0n) is 16.0. The van der Waals surface area contributed by atoms with E-state index in [1.165, 1.54) is 12.5 Å². The van der Waals surface area contributed by atoms with Crippen molar-refractivity contribution in [2.24, 2.45) is 0 Å². The Balaban J connectivity index is 1.80. The molecule has 3 rings (SSSR count). The number of ether oxygens (including phenoxy) is 2. The zero-order valence-corrected chi connectivity index (χ0v) is 16.0. The van der Waals surface area contributed by atoms with Gasteiger partial charge in [0.2, 0.25) is 5.78 Å². The Morgan fingerprint density at radius 2 is 1.62 bits per heavy atom. The number of esters is 2. The lowest BCUT2D eigenvalue weighted by Crippen LogP contribution is -2.24. The van der Waals surface area contributed by atoms with E-state index in [4.69, 9.17) is 4.74 Å². The van der Waals surface area contributed by atoms with E-state index >= 15 is 0 Å². The third-order valence-electron chi connectivity index (χ3n) is 4.82. The van der Waals surface area contributed by atoms with Crippen LogP contribution < -0.4 is 0 Å². The Labute approximate surface area is 166 Å². The SMILES string of the molecule is COC(=O)c1cc(C(=O)O[C@H](C)C(=O)c2ccc3c(c2)CCC3)cc([N+](=O)[O-])c1. The second-order valence-electron chi connectivity index (χ2n) is 6.77. The summed E-state index contributed by atoms with van der Waals surface area (Å²) in [6, 6.07) is 8.56. The summed E-state index contributed by atoms with van der Waals surface area (Å²) in [5, 5.41) is 11.1. The lowest BCUT2D eigenvalue weighted by Gasteiger charge is -2.13. The molecule has 0 aromatic heterocycles. The van der Waals surface area contributed by atoms with Crippen LogP contribution in [-0.4, -0.2) is 35.9 Å². The van der Waals surface area contributed by atoms with Gasteiger partial charge in [0.25, 0.3) is 5.69 Å². The number of hydrogen-bond acceptors (Lipinski definition) is 7. The lowest BCUT2D eigenvalue weighted by atomic mass is 10.0. The van der Waals surface area contributed by atoms with Gasteiger partial charge in [-0.2, -0.15) is 0 Å². The molecule has 2 aromatic carbocycles. The van der Waals surface area contributed by atoms with Crippen molar-refractivity contribution >= 4 is 23.4 Å². The molecular weight excluding hydrogens is 378 g/mol. The van der Waals surface area contributed by atoms with Crippen molar-refractivity contribution in [3.05, 3.63) is 74.3 Å². The van der Waals surface area contributed by atoms with Crippen molar-refractivity contribution in [1.82, 2.24) is 0 Å². The average molecular weight is 397 g/mol. The van der Waals surface area contributed by atoms with Gasteiger partial charge in [0.05, 0.1) is 23.2 Å². The molecule has 0 unspecified atom stereocenters. The Kier molecular flexibility index (Phi) is 5.72. The van der Waals surface area contributed by atoms with E-state index in [1.807, 2.05) is 12.1 Å². The topological polar surface area (TPSA) is 113 Å². The van der Waals surface area contributed by atoms with Crippen molar-refractivity contribution in [2.75, 3.05) is 7.11 Å². The standard InChI is InChI=1S/C21H19NO7/c1-12(19(23)15-7-6-13-4-3-5-14(13)8-15)29-21(25)17-9-16(20(24)28-2)10-18(11-17)22(26)27/h6-12H,3-5H2,1-2H3/t12-/m1/s1. The van der Waals surface area contributed by atoms with E-state index in [1.54, 1.807) is 6.07 Å². The number of nitrogens with zero attached hydrogens (tertiary/aromatic N) is 1. The summed E-state index contributed by atoms with van der Waals surface area (Å²) in [4.78, 5) is 47.2. The van der Waals surface area contributed by atoms with Gasteiger partial charge in [0.15, 0.2) is 6.10 Å². The van der Waals surface area contributed by atoms with Crippen molar-refractivity contribution in [2.45, 2.75) is 32.3 Å². The third-order valence-corrected chi connectivity index (χ3v) is 4.82. The summed E-state index contributed by atoms with van der Waals surface area (Å²) >= 11 is 0. The highest BCUT2D eigenvalue weighted by atomic mass is 16.6. The first-order chi connectivity index (χ1) is 13.8. The maximum Gasteiger partial charge on any atom is 0.339 e. The molecular formula is C21H19NO7. The van der Waals surface area contributed by atoms with Crippen LogP contribution in [0.25, 0.3) is 0 Å². The monoisotopic (exact) mass is 397 g/mol. The van der Waals surface area contributed by atoms with Crippen molar-refractivity contribution in [3.8, 4) is 0 Å². The van der Waals surface area contributed by atoms with E-state index in [2.05, 4.69) is 4.74 Å². The van der Waals surface area contributed by atoms with Crippen LogP contribution in [0.5, 0.6) is 0 Å². The minimum Gasteiger partial charge on any atom is -0.465 e. The van der Waals surface area contributed by atoms with Crippen LogP contribution in [0, 0.1) is 10.1 Å². The molecule has 0 saturated carbocycles. The fourth-order valence-electron chi connectivity index (χ4n) is 3.31. The molecule has 0 saturated heterocycles. The van der Waals surface area contributed by atoms with Gasteiger partial charge in [-0.1, -0.05) is 12.1 Å². The Morgan fingerprint density at radius 3 is 2.28 bits per heavy atom. The maximum atomic E-state index is 12.6. The first kappa shape index (κ1) is 20.2. The van der Waals surface area contributed by atoms with E-state index < -0.39 is 28.7 Å². The van der Waals surface area contributed by atoms with Crippen molar-refractivity contribution < 1.29 is 28.8 Å². The highest BCUT2D eigenvalue weighted by molar-refractivity contribution is 6.02. The van der Waals surface area contributed by atoms with E-state index in [0.717, 1.165) is 50.1 Å². The molecule has 8 heteroatoms. The molecule has 150 valence electrons. The molecule has 0 fully saturated rings. The molecule has 0 amide bonds. The van der Waals surface area contributed by atoms with Crippen LogP contribution in [0.2, 0.25) is 0 Å². The molecule has 0 N–H and O–H groups in total. The number of Topliss-reactive ketones (excluding diaryl/α,β-unsaturated/α-hetero) is 1. The number of aryl methyl sites for hydroxylation is 2. The van der Waals surface area contributed by atoms with Gasteiger partial charge in [-0.15, -0.1) is 0 Å². The average Bonchev–Trinajstić information content (AvgIpc) is 3.19. The number of carbonyl (C=O) groups is 3. The van der Waals surface area contributed by atoms with Crippen LogP contribution >= 0.6 is 0 Å². The van der Waals surface area contributed by atoms with Gasteiger partial charge in [-0.25, -0.2) is 9.59 Å². The van der Waals surface area contributed by atoms with Gasteiger partial charge in [0, 0.05) is 17.7 Å². The van der Waals surface area contributed by atoms with Gasteiger partial charge in [0.1, 0.15) is 0 Å². The van der Waals surface area contributed by atoms with Crippen LogP contribution in [-0.2, 0) is 22.3 Å². The summed E-state index contributed by atoms with van der Waals surface area (Å²) < 4.78 is 9.76. The predicted octanol–water partition coefficient (Wildman–Crippen LogP) is 3.30. The van der Waals surface area contributed by atoms with Gasteiger partial charge in [-0.05, 0) is 49.4 Å². The number of nitro benzene ring substituents is 1. The Hall–Kier alpha value is -3.55. The second kappa shape index (κ2) is 8.22. The Bertz CT molecular complexity index is 1010. The Morgan fingerprint density at radius 1 is 0.966 bits per heavy atom. The van der Waals surface area contributed by atoms with Gasteiger partial charge < -0.3 is 9.47 Å². The highest BCUT2D eigenvalue weighted by Crippen LogP contribution is 2.24. The molecule has 0 bridgehead atoms. The van der Waals surface area contributed by atoms with Crippen molar-refractivity contribution in [3.63, 3.8) is 0 Å². The number of ketones is 1. The van der Waals surface area contributed by atoms with Crippen LogP contribution in [0.3, 0.4) is 0 Å². The van der Waals surface area contributed by atoms with Gasteiger partial charge >= 0.3 is 11.9 Å². The summed E-state index contributed by atoms with van der Waals surface area (Å²) in [6.45, 7) is 1.44. The molecule has 0 aliphatic heterocycles. The molecule has 0 heterocycles. The van der Waals surface area contributed by atoms with Crippen molar-refractivity contribution in [1.29, 1.82) is 0 Å². The highest BCUT2D eigenvalue weighted by Gasteiger charge is 2.24. The summed E-state index contributed by atoms with van der Waals surface area (Å²) in [7, 11) is 1.12. The largest absolute Gasteiger partial charge is 0.465 e. The molecule has 2 aromatic rings. The predicted molar refractivity (Wildman–Crippen MR) is 102 cm³/mol. The van der Waals surface area contributed by atoms with Gasteiger partial charge in [-0.3, -0.25) is 14.9 Å². The first-order valence-corrected chi connectivity index (χ1v) is 9.05. The molecule has 1 atom stereocenters. The normalized spacial score (nSPS) is 13.3. The smallest absolute Gasteiger partial charge is 0.339 e. The maximum absolute atomic E-state index is 12.6. The number of hydrogen-bond donors (Lipinski definition) is 0. The molecule has 1 aliphatic rings. The fourth-order valence-corrected chi connectivity index (χ4v) is 3.31. The summed E-state index contributed by atoms with van der Waals surface area (Å²) in [5.74, 6) is -2.14. The minimum atomic E-state index is -1.09. The fraction of sp³-hybridized carbons (Fsp3) is 0.286. The number of non-ortho nitro benzene ring substituents is 1. The number of benzene rings is 2. The molecule has 8 nitrogen and oxygen atoms in total. The zero-order chi connectivity index (χ0) is 21.1. The van der Waals surface area contributed by atoms with Crippen LogP contribution in [0.1, 0.15) is 55.5 Å². The number of nitro groups is 1. The van der Waals surface area contributed by atoms with Crippen LogP contribution in [0.15, 0.2) is 36.4 Å². The quantitative estimate of drug-likeness (QED) is 0.318. The molecule has 1 aliphatic carbocycles.